The molecule has 6 aromatic heterocycles. The average Bonchev–Trinajstić information content (AvgIpc) is 3.66. The zero-order valence-electron chi connectivity index (χ0n) is 22.1. The van der Waals surface area contributed by atoms with Crippen LogP contribution < -0.4 is 5.32 Å². The molecule has 0 saturated heterocycles. The van der Waals surface area contributed by atoms with Crippen LogP contribution >= 0.6 is 11.3 Å². The van der Waals surface area contributed by atoms with Crippen LogP contribution in [0.3, 0.4) is 0 Å². The number of aromatic nitrogens is 7. The van der Waals surface area contributed by atoms with Crippen LogP contribution in [0.15, 0.2) is 49.1 Å². The number of aliphatic hydroxyl groups excluding tert-OH is 1. The van der Waals surface area contributed by atoms with E-state index >= 15 is 4.39 Å². The first-order chi connectivity index (χ1) is 19.1. The van der Waals surface area contributed by atoms with Gasteiger partial charge in [-0.3, -0.25) is 24.8 Å². The van der Waals surface area contributed by atoms with Crippen molar-refractivity contribution in [3.05, 3.63) is 59.7 Å². The topological polar surface area (TPSA) is 145 Å². The maximum Gasteiger partial charge on any atom is 0.169 e. The fourth-order valence-electron chi connectivity index (χ4n) is 4.25. The Hall–Kier alpha value is -4.55. The van der Waals surface area contributed by atoms with E-state index in [9.17, 15) is 9.90 Å². The van der Waals surface area contributed by atoms with Crippen LogP contribution in [-0.4, -0.2) is 52.2 Å². The van der Waals surface area contributed by atoms with Gasteiger partial charge in [-0.2, -0.15) is 5.10 Å². The Morgan fingerprint density at radius 3 is 2.65 bits per heavy atom. The van der Waals surface area contributed by atoms with Crippen molar-refractivity contribution in [1.29, 1.82) is 0 Å². The zero-order chi connectivity index (χ0) is 28.2. The molecule has 1 unspecified atom stereocenters. The van der Waals surface area contributed by atoms with E-state index in [2.05, 4.69) is 35.5 Å². The predicted octanol–water partition coefficient (Wildman–Crippen LogP) is 5.80. The molecule has 0 aliphatic carbocycles. The van der Waals surface area contributed by atoms with Crippen LogP contribution in [0.4, 0.5) is 10.1 Å². The number of nitrogens with zero attached hydrogens (tertiary/aromatic N) is 5. The number of rotatable bonds is 6. The number of anilines is 1. The second-order valence-electron chi connectivity index (χ2n) is 10.5. The molecule has 6 aromatic rings. The summed E-state index contributed by atoms with van der Waals surface area (Å²) in [5.41, 5.74) is 3.25. The van der Waals surface area contributed by atoms with E-state index in [1.54, 1.807) is 30.6 Å². The normalized spacial score (nSPS) is 12.8. The largest absolute Gasteiger partial charge is 0.373 e. The molecule has 4 N–H and O–H groups in total. The van der Waals surface area contributed by atoms with Crippen molar-refractivity contribution >= 4 is 44.7 Å². The van der Waals surface area contributed by atoms with E-state index in [0.29, 0.717) is 49.9 Å². The average molecular weight is 557 g/mol. The molecular weight excluding hydrogens is 531 g/mol. The van der Waals surface area contributed by atoms with E-state index in [1.165, 1.54) is 30.7 Å². The molecule has 0 aliphatic rings. The van der Waals surface area contributed by atoms with Crippen LogP contribution in [0.2, 0.25) is 0 Å². The third-order valence-electron chi connectivity index (χ3n) is 6.49. The van der Waals surface area contributed by atoms with Crippen LogP contribution in [-0.2, 0) is 0 Å². The van der Waals surface area contributed by atoms with E-state index in [4.69, 9.17) is 4.98 Å². The number of nitrogens with one attached hydrogen (secondary N) is 3. The number of hydrogen-bond donors (Lipinski definition) is 4. The molecule has 6 heterocycles. The van der Waals surface area contributed by atoms with Gasteiger partial charge in [-0.15, -0.1) is 11.3 Å². The van der Waals surface area contributed by atoms with Gasteiger partial charge in [-0.25, -0.2) is 9.37 Å². The van der Waals surface area contributed by atoms with Crippen molar-refractivity contribution in [3.63, 3.8) is 0 Å². The predicted molar refractivity (Wildman–Crippen MR) is 152 cm³/mol. The number of H-pyrrole nitrogens is 2. The third kappa shape index (κ3) is 4.50. The van der Waals surface area contributed by atoms with Crippen LogP contribution in [0.25, 0.3) is 55.3 Å². The molecule has 202 valence electrons. The first kappa shape index (κ1) is 25.7. The number of carbonyl (C=O) groups is 1. The highest BCUT2D eigenvalue weighted by Gasteiger charge is 2.24. The van der Waals surface area contributed by atoms with Crippen LogP contribution in [0.5, 0.6) is 0 Å². The first-order valence-corrected chi connectivity index (χ1v) is 13.3. The number of ketones is 1. The van der Waals surface area contributed by atoms with Gasteiger partial charge in [0, 0.05) is 23.4 Å². The molecule has 0 radical (unpaired) electrons. The number of imidazole rings is 1. The lowest BCUT2D eigenvalue weighted by Crippen LogP contribution is -2.33. The molecule has 10 nitrogen and oxygen atoms in total. The van der Waals surface area contributed by atoms with Gasteiger partial charge in [-0.1, -0.05) is 20.8 Å². The minimum atomic E-state index is -0.832. The minimum Gasteiger partial charge on any atom is -0.373 e. The molecule has 6 rings (SSSR count). The lowest BCUT2D eigenvalue weighted by Gasteiger charge is -2.27. The highest BCUT2D eigenvalue weighted by Crippen LogP contribution is 2.36. The fraction of sp³-hybridized carbons (Fsp3) is 0.214. The van der Waals surface area contributed by atoms with Crippen LogP contribution in [0, 0.1) is 11.2 Å². The molecule has 0 aliphatic heterocycles. The number of thiophene rings is 1. The number of aliphatic hydroxyl groups is 1. The maximum atomic E-state index is 16.1. The molecule has 1 atom stereocenters. The van der Waals surface area contributed by atoms with Gasteiger partial charge < -0.3 is 15.4 Å². The molecule has 0 aromatic carbocycles. The van der Waals surface area contributed by atoms with Gasteiger partial charge >= 0.3 is 0 Å². The summed E-state index contributed by atoms with van der Waals surface area (Å²) in [5.74, 6) is -0.243. The summed E-state index contributed by atoms with van der Waals surface area (Å²) in [7, 11) is 0. The van der Waals surface area contributed by atoms with Crippen molar-refractivity contribution in [1.82, 2.24) is 35.1 Å². The maximum absolute atomic E-state index is 16.1. The number of aromatic amines is 2. The smallest absolute Gasteiger partial charge is 0.169 e. The lowest BCUT2D eigenvalue weighted by atomic mass is 9.94. The molecule has 40 heavy (non-hydrogen) atoms. The van der Waals surface area contributed by atoms with E-state index < -0.39 is 17.5 Å². The summed E-state index contributed by atoms with van der Waals surface area (Å²) in [6.07, 6.45) is 5.41. The highest BCUT2D eigenvalue weighted by molar-refractivity contribution is 7.17. The summed E-state index contributed by atoms with van der Waals surface area (Å²) in [5, 5.41) is 20.9. The van der Waals surface area contributed by atoms with Gasteiger partial charge in [-0.05, 0) is 31.2 Å². The number of halogens is 1. The summed E-state index contributed by atoms with van der Waals surface area (Å²) >= 11 is 1.34. The number of carbonyl (C=O) groups excluding carboxylic acids is 1. The molecular formula is C28H25FN8O2S. The molecule has 0 spiro atoms. The Morgan fingerprint density at radius 1 is 1.07 bits per heavy atom. The molecule has 0 bridgehead atoms. The van der Waals surface area contributed by atoms with E-state index in [0.717, 1.165) is 4.88 Å². The Balaban J connectivity index is 1.42. The number of hydrogen-bond acceptors (Lipinski definition) is 9. The van der Waals surface area contributed by atoms with Crippen molar-refractivity contribution in [2.24, 2.45) is 5.41 Å². The number of pyridine rings is 3. The van der Waals surface area contributed by atoms with Crippen molar-refractivity contribution in [2.75, 3.05) is 5.32 Å². The minimum absolute atomic E-state index is 0.0177. The van der Waals surface area contributed by atoms with E-state index in [1.807, 2.05) is 26.8 Å². The molecule has 0 saturated carbocycles. The van der Waals surface area contributed by atoms with Gasteiger partial charge in [0.1, 0.15) is 28.8 Å². The van der Waals surface area contributed by atoms with Crippen molar-refractivity contribution in [3.8, 4) is 33.3 Å². The van der Waals surface area contributed by atoms with Gasteiger partial charge in [0.05, 0.1) is 44.3 Å². The first-order valence-electron chi connectivity index (χ1n) is 12.5. The Morgan fingerprint density at radius 2 is 1.90 bits per heavy atom. The summed E-state index contributed by atoms with van der Waals surface area (Å²) in [6.45, 7) is 7.23. The van der Waals surface area contributed by atoms with Gasteiger partial charge in [0.25, 0.3) is 0 Å². The summed E-state index contributed by atoms with van der Waals surface area (Å²) in [6, 6.07) is 7.08. The standard InChI is InChI=1S/C28H25FN8O2S/c1-13(38)18-5-6-19(40-18)24-23-16(7-8-31-24)34-26(35-23)25-20-17(36-37-25)12-32-22(21(20)29)14-9-15(11-30-10-14)33-27(39)28(2,3)4/h5-12,27,33,39H,1-4H3,(H,34,35)(H,36,37). The Kier molecular flexibility index (Phi) is 6.15. The number of Topliss-reactive ketones (excluding diaryl/α,β-unsaturated/α-hetero) is 1. The third-order valence-corrected chi connectivity index (χ3v) is 7.68. The van der Waals surface area contributed by atoms with Crippen molar-refractivity contribution < 1.29 is 14.3 Å². The number of fused-ring (bicyclic) bond motifs is 2. The Bertz CT molecular complexity index is 1900. The Labute approximate surface area is 231 Å². The highest BCUT2D eigenvalue weighted by atomic mass is 32.1. The van der Waals surface area contributed by atoms with Crippen LogP contribution in [0.1, 0.15) is 37.4 Å². The second kappa shape index (κ2) is 9.57. The molecule has 12 heteroatoms. The lowest BCUT2D eigenvalue weighted by molar-refractivity contribution is 0.0880. The molecule has 0 fully saturated rings. The monoisotopic (exact) mass is 556 g/mol. The van der Waals surface area contributed by atoms with Gasteiger partial charge in [0.15, 0.2) is 17.4 Å². The summed E-state index contributed by atoms with van der Waals surface area (Å²) in [4.78, 5) is 34.2. The van der Waals surface area contributed by atoms with E-state index in [-0.39, 0.29) is 16.9 Å². The molecule has 0 amide bonds. The summed E-state index contributed by atoms with van der Waals surface area (Å²) < 4.78 is 16.1. The quantitative estimate of drug-likeness (QED) is 0.149. The SMILES string of the molecule is CC(=O)c1ccc(-c2nccc3[nH]c(-c4n[nH]c5cnc(-c6cncc(NC(O)C(C)(C)C)c6)c(F)c45)nc23)s1. The van der Waals surface area contributed by atoms with Gasteiger partial charge in [0.2, 0.25) is 0 Å². The van der Waals surface area contributed by atoms with Crippen molar-refractivity contribution in [2.45, 2.75) is 33.9 Å². The second-order valence-corrected chi connectivity index (χ2v) is 11.6. The fourth-order valence-corrected chi connectivity index (χ4v) is 5.15. The zero-order valence-corrected chi connectivity index (χ0v) is 22.9.